The molecule has 1 aromatic carbocycles. The van der Waals surface area contributed by atoms with Gasteiger partial charge >= 0.3 is 5.69 Å². The maximum atomic E-state index is 12.5. The fourth-order valence-corrected chi connectivity index (χ4v) is 3.79. The van der Waals surface area contributed by atoms with Crippen LogP contribution in [-0.4, -0.2) is 26.2 Å². The molecule has 2 aromatic heterocycles. The van der Waals surface area contributed by atoms with Crippen molar-refractivity contribution in [3.63, 3.8) is 0 Å². The van der Waals surface area contributed by atoms with Crippen LogP contribution in [-0.2, 0) is 18.9 Å². The highest BCUT2D eigenvalue weighted by molar-refractivity contribution is 7.14. The molecule has 11 heteroatoms. The van der Waals surface area contributed by atoms with Crippen LogP contribution in [0.3, 0.4) is 0 Å². The van der Waals surface area contributed by atoms with Gasteiger partial charge in [-0.25, -0.2) is 9.78 Å². The second-order valence-electron chi connectivity index (χ2n) is 6.57. The number of aromatic nitrogens is 3. The minimum Gasteiger partial charge on any atom is -0.385 e. The summed E-state index contributed by atoms with van der Waals surface area (Å²) in [6.07, 6.45) is 0.773. The normalized spacial score (nSPS) is 11.8. The first-order chi connectivity index (χ1) is 14.2. The number of rotatable bonds is 6. The summed E-state index contributed by atoms with van der Waals surface area (Å²) in [5.74, 6) is -1.38. The van der Waals surface area contributed by atoms with Crippen molar-refractivity contribution in [3.05, 3.63) is 61.1 Å². The van der Waals surface area contributed by atoms with Crippen LogP contribution in [0.15, 0.2) is 39.2 Å². The lowest BCUT2D eigenvalue weighted by atomic mass is 9.98. The Morgan fingerprint density at radius 1 is 1.30 bits per heavy atom. The highest BCUT2D eigenvalue weighted by Gasteiger charge is 2.23. The predicted octanol–water partition coefficient (Wildman–Crippen LogP) is 2.21. The van der Waals surface area contributed by atoms with E-state index in [1.54, 1.807) is 17.5 Å². The zero-order valence-electron chi connectivity index (χ0n) is 16.2. The Morgan fingerprint density at radius 3 is 2.60 bits per heavy atom. The SMILES string of the molecule is Cn1c(N)c(C(C=N)CC(=O)Nc2nc(-c3ccc(Cl)cc3)cs2)c(=O)n(C)c1=O. The van der Waals surface area contributed by atoms with Crippen LogP contribution in [0.5, 0.6) is 0 Å². The van der Waals surface area contributed by atoms with Gasteiger partial charge in [-0.2, -0.15) is 0 Å². The molecule has 2 heterocycles. The molecule has 0 spiro atoms. The molecule has 30 heavy (non-hydrogen) atoms. The molecule has 1 amide bonds. The Labute approximate surface area is 180 Å². The Hall–Kier alpha value is -3.24. The molecule has 156 valence electrons. The van der Waals surface area contributed by atoms with Gasteiger partial charge in [0.2, 0.25) is 5.91 Å². The summed E-state index contributed by atoms with van der Waals surface area (Å²) in [6.45, 7) is 0. The minimum atomic E-state index is -0.883. The van der Waals surface area contributed by atoms with Crippen LogP contribution in [0.4, 0.5) is 10.9 Å². The van der Waals surface area contributed by atoms with Crippen molar-refractivity contribution in [2.45, 2.75) is 12.3 Å². The third-order valence-electron chi connectivity index (χ3n) is 4.61. The first kappa shape index (κ1) is 21.5. The molecule has 0 saturated carbocycles. The van der Waals surface area contributed by atoms with E-state index in [2.05, 4.69) is 10.3 Å². The van der Waals surface area contributed by atoms with Crippen LogP contribution >= 0.6 is 22.9 Å². The average Bonchev–Trinajstić information content (AvgIpc) is 3.18. The number of benzene rings is 1. The third kappa shape index (κ3) is 4.19. The van der Waals surface area contributed by atoms with E-state index in [9.17, 15) is 14.4 Å². The number of nitrogens with zero attached hydrogens (tertiary/aromatic N) is 3. The zero-order chi connectivity index (χ0) is 22.0. The van der Waals surface area contributed by atoms with E-state index >= 15 is 0 Å². The van der Waals surface area contributed by atoms with Gasteiger partial charge in [0.05, 0.1) is 11.3 Å². The van der Waals surface area contributed by atoms with Crippen LogP contribution in [0.1, 0.15) is 17.9 Å². The fraction of sp³-hybridized carbons (Fsp3) is 0.211. The molecular formula is C19H19ClN6O3S. The maximum Gasteiger partial charge on any atom is 0.332 e. The van der Waals surface area contributed by atoms with Gasteiger partial charge in [-0.05, 0) is 12.1 Å². The number of carbonyl (C=O) groups excluding carboxylic acids is 1. The molecule has 0 radical (unpaired) electrons. The molecule has 4 N–H and O–H groups in total. The van der Waals surface area contributed by atoms with E-state index in [1.165, 1.54) is 25.4 Å². The summed E-state index contributed by atoms with van der Waals surface area (Å²) in [6, 6.07) is 7.15. The second kappa shape index (κ2) is 8.64. The van der Waals surface area contributed by atoms with Crippen LogP contribution in [0, 0.1) is 5.41 Å². The van der Waals surface area contributed by atoms with E-state index in [-0.39, 0.29) is 17.8 Å². The molecule has 0 fully saturated rings. The van der Waals surface area contributed by atoms with E-state index in [1.807, 2.05) is 12.1 Å². The first-order valence-electron chi connectivity index (χ1n) is 8.80. The summed E-state index contributed by atoms with van der Waals surface area (Å²) in [5, 5.41) is 13.1. The van der Waals surface area contributed by atoms with Crippen molar-refractivity contribution in [2.24, 2.45) is 14.1 Å². The molecule has 0 aliphatic heterocycles. The topological polar surface area (TPSA) is 136 Å². The van der Waals surface area contributed by atoms with E-state index in [0.717, 1.165) is 20.9 Å². The van der Waals surface area contributed by atoms with Gasteiger partial charge in [0, 0.05) is 48.6 Å². The van der Waals surface area contributed by atoms with Crippen LogP contribution in [0.25, 0.3) is 11.3 Å². The number of hydrogen-bond donors (Lipinski definition) is 3. The Balaban J connectivity index is 1.79. The number of carbonyl (C=O) groups is 1. The Bertz CT molecular complexity index is 1230. The number of nitrogen functional groups attached to an aromatic ring is 1. The standard InChI is InChI=1S/C19H19ClN6O3S/c1-25-16(22)15(17(28)26(2)19(25)29)11(8-21)7-14(27)24-18-23-13(9-30-18)10-3-5-12(20)6-4-10/h3-6,8-9,11,21H,7,22H2,1-2H3,(H,23,24,27). The quantitative estimate of drug-likeness (QED) is 0.498. The third-order valence-corrected chi connectivity index (χ3v) is 5.62. The van der Waals surface area contributed by atoms with Crippen molar-refractivity contribution < 1.29 is 4.79 Å². The summed E-state index contributed by atoms with van der Waals surface area (Å²) in [7, 11) is 2.75. The predicted molar refractivity (Wildman–Crippen MR) is 119 cm³/mol. The number of nitrogens with one attached hydrogen (secondary N) is 2. The fourth-order valence-electron chi connectivity index (χ4n) is 2.93. The maximum absolute atomic E-state index is 12.5. The molecule has 0 aliphatic carbocycles. The van der Waals surface area contributed by atoms with Gasteiger partial charge in [-0.1, -0.05) is 23.7 Å². The number of anilines is 2. The molecule has 0 saturated heterocycles. The highest BCUT2D eigenvalue weighted by Crippen LogP contribution is 2.27. The summed E-state index contributed by atoms with van der Waals surface area (Å²) in [4.78, 5) is 41.4. The van der Waals surface area contributed by atoms with Crippen molar-refractivity contribution >= 4 is 46.0 Å². The molecular weight excluding hydrogens is 428 g/mol. The number of amides is 1. The molecule has 0 aliphatic rings. The van der Waals surface area contributed by atoms with Crippen LogP contribution < -0.4 is 22.3 Å². The van der Waals surface area contributed by atoms with Gasteiger partial charge in [0.1, 0.15) is 5.82 Å². The lowest BCUT2D eigenvalue weighted by Gasteiger charge is -2.16. The number of thiazole rings is 1. The number of hydrogen-bond acceptors (Lipinski definition) is 7. The summed E-state index contributed by atoms with van der Waals surface area (Å²) < 4.78 is 2.02. The number of nitrogens with two attached hydrogens (primary N) is 1. The van der Waals surface area contributed by atoms with Crippen molar-refractivity contribution in [2.75, 3.05) is 11.1 Å². The molecule has 0 bridgehead atoms. The Kier molecular flexibility index (Phi) is 6.18. The van der Waals surface area contributed by atoms with Crippen molar-refractivity contribution in [3.8, 4) is 11.3 Å². The summed E-state index contributed by atoms with van der Waals surface area (Å²) in [5.41, 5.74) is 6.30. The first-order valence-corrected chi connectivity index (χ1v) is 10.1. The molecule has 3 rings (SSSR count). The molecule has 9 nitrogen and oxygen atoms in total. The Morgan fingerprint density at radius 2 is 1.97 bits per heavy atom. The highest BCUT2D eigenvalue weighted by atomic mass is 35.5. The summed E-state index contributed by atoms with van der Waals surface area (Å²) >= 11 is 7.14. The van der Waals surface area contributed by atoms with E-state index in [4.69, 9.17) is 22.7 Å². The lowest BCUT2D eigenvalue weighted by Crippen LogP contribution is -2.41. The van der Waals surface area contributed by atoms with Gasteiger partial charge in [0.15, 0.2) is 5.13 Å². The minimum absolute atomic E-state index is 0.0331. The zero-order valence-corrected chi connectivity index (χ0v) is 17.8. The van der Waals surface area contributed by atoms with Crippen LogP contribution in [0.2, 0.25) is 5.02 Å². The molecule has 3 aromatic rings. The van der Waals surface area contributed by atoms with Crippen molar-refractivity contribution in [1.82, 2.24) is 14.1 Å². The smallest absolute Gasteiger partial charge is 0.332 e. The number of halogens is 1. The van der Waals surface area contributed by atoms with Gasteiger partial charge < -0.3 is 16.5 Å². The lowest BCUT2D eigenvalue weighted by molar-refractivity contribution is -0.116. The average molecular weight is 447 g/mol. The van der Waals surface area contributed by atoms with E-state index in [0.29, 0.717) is 15.8 Å². The van der Waals surface area contributed by atoms with Gasteiger partial charge in [-0.15, -0.1) is 11.3 Å². The largest absolute Gasteiger partial charge is 0.385 e. The second-order valence-corrected chi connectivity index (χ2v) is 7.87. The van der Waals surface area contributed by atoms with Gasteiger partial charge in [-0.3, -0.25) is 18.7 Å². The van der Waals surface area contributed by atoms with Gasteiger partial charge in [0.25, 0.3) is 5.56 Å². The van der Waals surface area contributed by atoms with E-state index < -0.39 is 23.1 Å². The molecule has 1 atom stereocenters. The molecule has 1 unspecified atom stereocenters. The monoisotopic (exact) mass is 446 g/mol. The van der Waals surface area contributed by atoms with Crippen molar-refractivity contribution in [1.29, 1.82) is 5.41 Å².